The Morgan fingerprint density at radius 3 is 2.70 bits per heavy atom. The van der Waals surface area contributed by atoms with Gasteiger partial charge in [0.15, 0.2) is 0 Å². The largest absolute Gasteiger partial charge is 0.310 e. The normalized spacial score (nSPS) is 15.0. The van der Waals surface area contributed by atoms with Crippen LogP contribution >= 0.6 is 23.4 Å². The molecule has 1 aliphatic rings. The van der Waals surface area contributed by atoms with Crippen LogP contribution in [0, 0.1) is 0 Å². The SMILES string of the molecule is CCN(CC)CCSc1c(Cl)cccc1CNC1CC1. The Kier molecular flexibility index (Phi) is 6.69. The molecule has 20 heavy (non-hydrogen) atoms. The van der Waals surface area contributed by atoms with Gasteiger partial charge in [-0.1, -0.05) is 37.6 Å². The van der Waals surface area contributed by atoms with Crippen LogP contribution in [0.4, 0.5) is 0 Å². The fraction of sp³-hybridized carbons (Fsp3) is 0.625. The molecule has 0 spiro atoms. The molecule has 0 atom stereocenters. The van der Waals surface area contributed by atoms with E-state index in [-0.39, 0.29) is 0 Å². The zero-order valence-electron chi connectivity index (χ0n) is 12.5. The number of thioether (sulfide) groups is 1. The molecule has 0 amide bonds. The summed E-state index contributed by atoms with van der Waals surface area (Å²) in [6, 6.07) is 6.99. The van der Waals surface area contributed by atoms with Gasteiger partial charge >= 0.3 is 0 Å². The average molecular weight is 313 g/mol. The molecule has 4 heteroatoms. The number of rotatable bonds is 9. The number of nitrogens with one attached hydrogen (secondary N) is 1. The van der Waals surface area contributed by atoms with E-state index >= 15 is 0 Å². The quantitative estimate of drug-likeness (QED) is 0.693. The van der Waals surface area contributed by atoms with Crippen molar-refractivity contribution < 1.29 is 0 Å². The maximum atomic E-state index is 6.38. The summed E-state index contributed by atoms with van der Waals surface area (Å²) in [4.78, 5) is 3.71. The highest BCUT2D eigenvalue weighted by Gasteiger charge is 2.20. The molecule has 0 aromatic heterocycles. The Balaban J connectivity index is 1.90. The average Bonchev–Trinajstić information content (AvgIpc) is 3.27. The Morgan fingerprint density at radius 1 is 1.30 bits per heavy atom. The van der Waals surface area contributed by atoms with Crippen LogP contribution in [0.1, 0.15) is 32.3 Å². The lowest BCUT2D eigenvalue weighted by Crippen LogP contribution is -2.25. The highest BCUT2D eigenvalue weighted by molar-refractivity contribution is 7.99. The molecule has 0 heterocycles. The first kappa shape index (κ1) is 16.2. The van der Waals surface area contributed by atoms with E-state index in [0.717, 1.165) is 43.0 Å². The van der Waals surface area contributed by atoms with Crippen molar-refractivity contribution in [1.29, 1.82) is 0 Å². The van der Waals surface area contributed by atoms with Crippen molar-refractivity contribution in [3.05, 3.63) is 28.8 Å². The summed E-state index contributed by atoms with van der Waals surface area (Å²) in [6.07, 6.45) is 2.65. The van der Waals surface area contributed by atoms with Crippen LogP contribution in [0.2, 0.25) is 5.02 Å². The van der Waals surface area contributed by atoms with Gasteiger partial charge < -0.3 is 10.2 Å². The molecule has 1 fully saturated rings. The molecule has 0 aliphatic heterocycles. The van der Waals surface area contributed by atoms with Gasteiger partial charge in [0.05, 0.1) is 5.02 Å². The van der Waals surface area contributed by atoms with Crippen LogP contribution in [0.3, 0.4) is 0 Å². The lowest BCUT2D eigenvalue weighted by molar-refractivity contribution is 0.324. The molecule has 1 saturated carbocycles. The number of hydrogen-bond acceptors (Lipinski definition) is 3. The smallest absolute Gasteiger partial charge is 0.0545 e. The molecular weight excluding hydrogens is 288 g/mol. The van der Waals surface area contributed by atoms with Crippen molar-refractivity contribution in [2.45, 2.75) is 44.2 Å². The van der Waals surface area contributed by atoms with Crippen LogP contribution in [-0.4, -0.2) is 36.3 Å². The Hall–Kier alpha value is -0.220. The van der Waals surface area contributed by atoms with E-state index in [1.54, 1.807) is 0 Å². The van der Waals surface area contributed by atoms with Crippen molar-refractivity contribution in [1.82, 2.24) is 10.2 Å². The first-order valence-corrected chi connectivity index (χ1v) is 8.96. The van der Waals surface area contributed by atoms with Gasteiger partial charge in [-0.05, 0) is 37.6 Å². The predicted octanol–water partition coefficient (Wildman–Crippen LogP) is 4.03. The van der Waals surface area contributed by atoms with E-state index in [0.29, 0.717) is 0 Å². The van der Waals surface area contributed by atoms with Crippen molar-refractivity contribution in [3.8, 4) is 0 Å². The van der Waals surface area contributed by atoms with Crippen LogP contribution < -0.4 is 5.32 Å². The molecule has 112 valence electrons. The van der Waals surface area contributed by atoms with Gasteiger partial charge in [-0.3, -0.25) is 0 Å². The summed E-state index contributed by atoms with van der Waals surface area (Å²) >= 11 is 8.27. The molecule has 2 nitrogen and oxygen atoms in total. The fourth-order valence-corrected chi connectivity index (χ4v) is 3.66. The zero-order valence-corrected chi connectivity index (χ0v) is 14.1. The van der Waals surface area contributed by atoms with E-state index in [2.05, 4.69) is 36.2 Å². The second-order valence-corrected chi connectivity index (χ2v) is 6.77. The van der Waals surface area contributed by atoms with Crippen LogP contribution in [-0.2, 0) is 6.54 Å². The number of hydrogen-bond donors (Lipinski definition) is 1. The minimum atomic E-state index is 0.738. The number of halogens is 1. The number of benzene rings is 1. The zero-order chi connectivity index (χ0) is 14.4. The van der Waals surface area contributed by atoms with Crippen LogP contribution in [0.5, 0.6) is 0 Å². The lowest BCUT2D eigenvalue weighted by Gasteiger charge is -2.18. The molecule has 1 aliphatic carbocycles. The van der Waals surface area contributed by atoms with Gasteiger partial charge in [0, 0.05) is 29.8 Å². The van der Waals surface area contributed by atoms with E-state index in [9.17, 15) is 0 Å². The highest BCUT2D eigenvalue weighted by Crippen LogP contribution is 2.31. The van der Waals surface area contributed by atoms with E-state index < -0.39 is 0 Å². The van der Waals surface area contributed by atoms with Crippen molar-refractivity contribution in [3.63, 3.8) is 0 Å². The van der Waals surface area contributed by atoms with Gasteiger partial charge in [0.1, 0.15) is 0 Å². The molecule has 2 rings (SSSR count). The maximum absolute atomic E-state index is 6.38. The molecule has 0 saturated heterocycles. The molecule has 1 N–H and O–H groups in total. The third-order valence-corrected chi connectivity index (χ3v) is 5.34. The Morgan fingerprint density at radius 2 is 2.05 bits per heavy atom. The van der Waals surface area contributed by atoms with E-state index in [1.165, 1.54) is 23.3 Å². The third kappa shape index (κ3) is 4.96. The van der Waals surface area contributed by atoms with Gasteiger partial charge in [-0.2, -0.15) is 0 Å². The molecular formula is C16H25ClN2S. The van der Waals surface area contributed by atoms with Gasteiger partial charge in [-0.25, -0.2) is 0 Å². The molecule has 0 radical (unpaired) electrons. The second-order valence-electron chi connectivity index (χ2n) is 5.26. The first-order valence-electron chi connectivity index (χ1n) is 7.60. The lowest BCUT2D eigenvalue weighted by atomic mass is 10.2. The second kappa shape index (κ2) is 8.28. The van der Waals surface area contributed by atoms with Crippen molar-refractivity contribution >= 4 is 23.4 Å². The van der Waals surface area contributed by atoms with Crippen molar-refractivity contribution in [2.75, 3.05) is 25.4 Å². The third-order valence-electron chi connectivity index (χ3n) is 3.76. The number of nitrogens with zero attached hydrogens (tertiary/aromatic N) is 1. The topological polar surface area (TPSA) is 15.3 Å². The van der Waals surface area contributed by atoms with Gasteiger partial charge in [-0.15, -0.1) is 11.8 Å². The summed E-state index contributed by atoms with van der Waals surface area (Å²) in [5.41, 5.74) is 1.34. The minimum absolute atomic E-state index is 0.738. The van der Waals surface area contributed by atoms with Crippen LogP contribution in [0.15, 0.2) is 23.1 Å². The summed E-state index contributed by atoms with van der Waals surface area (Å²) in [5, 5.41) is 4.47. The highest BCUT2D eigenvalue weighted by atomic mass is 35.5. The van der Waals surface area contributed by atoms with Crippen LogP contribution in [0.25, 0.3) is 0 Å². The van der Waals surface area contributed by atoms with E-state index in [4.69, 9.17) is 11.6 Å². The molecule has 1 aromatic rings. The maximum Gasteiger partial charge on any atom is 0.0545 e. The predicted molar refractivity (Wildman–Crippen MR) is 89.8 cm³/mol. The van der Waals surface area contributed by atoms with Gasteiger partial charge in [0.25, 0.3) is 0 Å². The van der Waals surface area contributed by atoms with Gasteiger partial charge in [0.2, 0.25) is 0 Å². The summed E-state index contributed by atoms with van der Waals surface area (Å²) in [5.74, 6) is 1.10. The molecule has 0 bridgehead atoms. The Labute approximate surface area is 132 Å². The molecule has 1 aromatic carbocycles. The fourth-order valence-electron chi connectivity index (χ4n) is 2.21. The minimum Gasteiger partial charge on any atom is -0.310 e. The van der Waals surface area contributed by atoms with E-state index in [1.807, 2.05) is 17.8 Å². The Bertz CT molecular complexity index is 417. The van der Waals surface area contributed by atoms with Crippen molar-refractivity contribution in [2.24, 2.45) is 0 Å². The first-order chi connectivity index (χ1) is 9.74. The monoisotopic (exact) mass is 312 g/mol. The standard InChI is InChI=1S/C16H25ClN2S/c1-3-19(4-2)10-11-20-16-13(6-5-7-15(16)17)12-18-14-8-9-14/h5-7,14,18H,3-4,8-12H2,1-2H3. The summed E-state index contributed by atoms with van der Waals surface area (Å²) in [6.45, 7) is 8.74. The summed E-state index contributed by atoms with van der Waals surface area (Å²) in [7, 11) is 0. The summed E-state index contributed by atoms with van der Waals surface area (Å²) < 4.78 is 0. The molecule has 0 unspecified atom stereocenters.